The van der Waals surface area contributed by atoms with Gasteiger partial charge in [-0.25, -0.2) is 0 Å². The van der Waals surface area contributed by atoms with Crippen LogP contribution in [0.1, 0.15) is 36.9 Å². The van der Waals surface area contributed by atoms with E-state index >= 15 is 0 Å². The zero-order valence-electron chi connectivity index (χ0n) is 9.98. The molecule has 0 fully saturated rings. The Labute approximate surface area is 108 Å². The van der Waals surface area contributed by atoms with Crippen molar-refractivity contribution >= 4 is 18.3 Å². The molecule has 1 amide bonds. The third kappa shape index (κ3) is 2.99. The number of hydrogen-bond donors (Lipinski definition) is 2. The summed E-state index contributed by atoms with van der Waals surface area (Å²) in [5.41, 5.74) is 8.30. The van der Waals surface area contributed by atoms with Crippen molar-refractivity contribution in [2.24, 2.45) is 5.73 Å². The Bertz CT molecular complexity index is 395. The van der Waals surface area contributed by atoms with Crippen LogP contribution in [0, 0.1) is 0 Å². The fourth-order valence-electron chi connectivity index (χ4n) is 2.17. The number of fused-ring (bicyclic) bond motifs is 1. The lowest BCUT2D eigenvalue weighted by atomic mass is 10.1. The van der Waals surface area contributed by atoms with Crippen LogP contribution < -0.4 is 11.1 Å². The standard InChI is InChI=1S/C13H18N2O.ClH/c1-2-11(14)13(16)15-12-8-7-9-5-3-4-6-10(9)12;/h3-6,11-12H,2,7-8,14H2,1H3,(H,15,16);1H/t11-,12?;/m0./s1. The number of carbonyl (C=O) groups excluding carboxylic acids is 1. The van der Waals surface area contributed by atoms with Crippen LogP contribution in [0.3, 0.4) is 0 Å². The molecule has 0 radical (unpaired) electrons. The molecular weight excluding hydrogens is 236 g/mol. The summed E-state index contributed by atoms with van der Waals surface area (Å²) in [6.07, 6.45) is 2.71. The first-order valence-corrected chi connectivity index (χ1v) is 5.86. The molecule has 0 aliphatic heterocycles. The molecule has 2 rings (SSSR count). The minimum atomic E-state index is -0.382. The van der Waals surface area contributed by atoms with Crippen molar-refractivity contribution in [1.82, 2.24) is 5.32 Å². The minimum absolute atomic E-state index is 0. The second kappa shape index (κ2) is 6.03. The maximum Gasteiger partial charge on any atom is 0.237 e. The zero-order chi connectivity index (χ0) is 11.5. The molecule has 17 heavy (non-hydrogen) atoms. The predicted octanol–water partition coefficient (Wildman–Crippen LogP) is 1.95. The number of benzene rings is 1. The summed E-state index contributed by atoms with van der Waals surface area (Å²) in [6.45, 7) is 1.92. The van der Waals surface area contributed by atoms with Crippen LogP contribution in [0.2, 0.25) is 0 Å². The van der Waals surface area contributed by atoms with Crippen LogP contribution in [0.4, 0.5) is 0 Å². The van der Waals surface area contributed by atoms with E-state index in [1.165, 1.54) is 11.1 Å². The lowest BCUT2D eigenvalue weighted by Crippen LogP contribution is -2.41. The Morgan fingerprint density at radius 2 is 2.24 bits per heavy atom. The third-order valence-electron chi connectivity index (χ3n) is 3.23. The first kappa shape index (κ1) is 14.0. The van der Waals surface area contributed by atoms with Gasteiger partial charge in [0.25, 0.3) is 0 Å². The summed E-state index contributed by atoms with van der Waals surface area (Å²) >= 11 is 0. The quantitative estimate of drug-likeness (QED) is 0.866. The van der Waals surface area contributed by atoms with E-state index in [2.05, 4.69) is 17.4 Å². The molecule has 0 aromatic heterocycles. The van der Waals surface area contributed by atoms with Gasteiger partial charge in [0.2, 0.25) is 5.91 Å². The zero-order valence-corrected chi connectivity index (χ0v) is 10.8. The van der Waals surface area contributed by atoms with E-state index in [1.54, 1.807) is 0 Å². The van der Waals surface area contributed by atoms with E-state index in [0.29, 0.717) is 6.42 Å². The monoisotopic (exact) mass is 254 g/mol. The van der Waals surface area contributed by atoms with Crippen LogP contribution >= 0.6 is 12.4 Å². The topological polar surface area (TPSA) is 55.1 Å². The van der Waals surface area contributed by atoms with Gasteiger partial charge in [0, 0.05) is 0 Å². The number of nitrogens with one attached hydrogen (secondary N) is 1. The number of rotatable bonds is 3. The number of carbonyl (C=O) groups is 1. The lowest BCUT2D eigenvalue weighted by molar-refractivity contribution is -0.123. The maximum absolute atomic E-state index is 11.7. The van der Waals surface area contributed by atoms with Gasteiger partial charge in [-0.15, -0.1) is 12.4 Å². The summed E-state index contributed by atoms with van der Waals surface area (Å²) < 4.78 is 0. The van der Waals surface area contributed by atoms with Gasteiger partial charge in [-0.2, -0.15) is 0 Å². The van der Waals surface area contributed by atoms with Crippen molar-refractivity contribution in [3.05, 3.63) is 35.4 Å². The summed E-state index contributed by atoms with van der Waals surface area (Å²) in [5, 5.41) is 3.02. The molecule has 1 aromatic carbocycles. The SMILES string of the molecule is CC[C@H](N)C(=O)NC1CCc2ccccc21.Cl. The van der Waals surface area contributed by atoms with E-state index in [1.807, 2.05) is 19.1 Å². The second-order valence-electron chi connectivity index (χ2n) is 4.31. The van der Waals surface area contributed by atoms with Gasteiger partial charge < -0.3 is 11.1 Å². The summed E-state index contributed by atoms with van der Waals surface area (Å²) in [4.78, 5) is 11.7. The molecule has 0 spiro atoms. The molecule has 0 heterocycles. The molecule has 94 valence electrons. The molecule has 1 unspecified atom stereocenters. The van der Waals surface area contributed by atoms with E-state index in [9.17, 15) is 4.79 Å². The van der Waals surface area contributed by atoms with Crippen molar-refractivity contribution in [2.75, 3.05) is 0 Å². The molecule has 0 saturated heterocycles. The van der Waals surface area contributed by atoms with Crippen LogP contribution in [0.25, 0.3) is 0 Å². The van der Waals surface area contributed by atoms with Gasteiger partial charge in [0.1, 0.15) is 0 Å². The molecule has 3 nitrogen and oxygen atoms in total. The second-order valence-corrected chi connectivity index (χ2v) is 4.31. The Hall–Kier alpha value is -1.06. The van der Waals surface area contributed by atoms with Crippen LogP contribution in [0.5, 0.6) is 0 Å². The highest BCUT2D eigenvalue weighted by atomic mass is 35.5. The van der Waals surface area contributed by atoms with Gasteiger partial charge in [-0.3, -0.25) is 4.79 Å². The van der Waals surface area contributed by atoms with Gasteiger partial charge in [0.05, 0.1) is 12.1 Å². The van der Waals surface area contributed by atoms with Crippen molar-refractivity contribution in [1.29, 1.82) is 0 Å². The summed E-state index contributed by atoms with van der Waals surface area (Å²) in [6, 6.07) is 8.05. The fraction of sp³-hybridized carbons (Fsp3) is 0.462. The molecule has 1 aliphatic carbocycles. The van der Waals surface area contributed by atoms with Crippen molar-refractivity contribution < 1.29 is 4.79 Å². The first-order valence-electron chi connectivity index (χ1n) is 5.86. The van der Waals surface area contributed by atoms with Crippen molar-refractivity contribution in [3.63, 3.8) is 0 Å². The highest BCUT2D eigenvalue weighted by Crippen LogP contribution is 2.30. The highest BCUT2D eigenvalue weighted by molar-refractivity contribution is 5.85. The van der Waals surface area contributed by atoms with Gasteiger partial charge in [0.15, 0.2) is 0 Å². The van der Waals surface area contributed by atoms with Crippen LogP contribution in [-0.2, 0) is 11.2 Å². The minimum Gasteiger partial charge on any atom is -0.348 e. The van der Waals surface area contributed by atoms with Gasteiger partial charge >= 0.3 is 0 Å². The van der Waals surface area contributed by atoms with Crippen LogP contribution in [-0.4, -0.2) is 11.9 Å². The number of halogens is 1. The maximum atomic E-state index is 11.7. The summed E-state index contributed by atoms with van der Waals surface area (Å²) in [7, 11) is 0. The predicted molar refractivity (Wildman–Crippen MR) is 71.2 cm³/mol. The Morgan fingerprint density at radius 1 is 1.53 bits per heavy atom. The molecule has 0 saturated carbocycles. The lowest BCUT2D eigenvalue weighted by Gasteiger charge is -2.16. The normalized spacial score (nSPS) is 19.1. The number of hydrogen-bond acceptors (Lipinski definition) is 2. The van der Waals surface area contributed by atoms with E-state index < -0.39 is 0 Å². The number of aryl methyl sites for hydroxylation is 1. The number of nitrogens with two attached hydrogens (primary N) is 1. The highest BCUT2D eigenvalue weighted by Gasteiger charge is 2.24. The van der Waals surface area contributed by atoms with E-state index in [4.69, 9.17) is 5.73 Å². The average molecular weight is 255 g/mol. The third-order valence-corrected chi connectivity index (χ3v) is 3.23. The van der Waals surface area contributed by atoms with Crippen molar-refractivity contribution in [2.45, 2.75) is 38.3 Å². The molecule has 1 aromatic rings. The smallest absolute Gasteiger partial charge is 0.237 e. The first-order chi connectivity index (χ1) is 7.72. The molecule has 2 atom stereocenters. The molecule has 1 aliphatic rings. The Morgan fingerprint density at radius 3 is 2.94 bits per heavy atom. The summed E-state index contributed by atoms with van der Waals surface area (Å²) in [5.74, 6) is -0.0378. The fourth-order valence-corrected chi connectivity index (χ4v) is 2.17. The largest absolute Gasteiger partial charge is 0.348 e. The van der Waals surface area contributed by atoms with Crippen molar-refractivity contribution in [3.8, 4) is 0 Å². The van der Waals surface area contributed by atoms with Crippen LogP contribution in [0.15, 0.2) is 24.3 Å². The number of amides is 1. The molecule has 3 N–H and O–H groups in total. The molecular formula is C13H19ClN2O. The molecule has 0 bridgehead atoms. The Balaban J connectivity index is 0.00000144. The average Bonchev–Trinajstić information content (AvgIpc) is 2.72. The Kier molecular flexibility index (Phi) is 4.97. The van der Waals surface area contributed by atoms with Gasteiger partial charge in [-0.1, -0.05) is 31.2 Å². The van der Waals surface area contributed by atoms with Gasteiger partial charge in [-0.05, 0) is 30.4 Å². The van der Waals surface area contributed by atoms with E-state index in [-0.39, 0.29) is 30.4 Å². The molecule has 4 heteroatoms. The van der Waals surface area contributed by atoms with E-state index in [0.717, 1.165) is 12.8 Å².